The standard InChI is InChI=1S/C32H39N7O2/c1-19(26-7-5-14-39(26)3)40-27-16-25(21-11-15-38(2)18-21)35-31(36-27)29-22-6-4-12-32(30(22)41-37-29)13-10-20-8-9-24(34)23(17-33)28(20)32/h8-9,16,19,21,26H,4-7,10-15,18,34H2,1-3H3. The number of likely N-dealkylation sites (N-methyl/N-ethyl adjacent to an activating group) is 2. The number of likely N-dealkylation sites (tertiary alicyclic amines) is 2. The SMILES string of the molecule is CC(Oc1cc(C2CCN(C)C2)nc(-c2noc3c2CCCC32CCc3ccc(N)c(C#N)c32)n1)C1CCCN1C. The highest BCUT2D eigenvalue weighted by molar-refractivity contribution is 5.68. The number of hydrogen-bond donors (Lipinski definition) is 1. The van der Waals surface area contributed by atoms with Gasteiger partial charge in [0.15, 0.2) is 17.3 Å². The summed E-state index contributed by atoms with van der Waals surface area (Å²) in [5.74, 6) is 2.37. The molecule has 4 unspecified atom stereocenters. The molecule has 0 amide bonds. The Morgan fingerprint density at radius 3 is 2.78 bits per heavy atom. The van der Waals surface area contributed by atoms with E-state index in [1.54, 1.807) is 0 Å². The van der Waals surface area contributed by atoms with E-state index in [4.69, 9.17) is 25.0 Å². The van der Waals surface area contributed by atoms with E-state index < -0.39 is 0 Å². The molecule has 2 aliphatic carbocycles. The molecule has 2 aliphatic heterocycles. The van der Waals surface area contributed by atoms with Crippen LogP contribution < -0.4 is 10.5 Å². The molecule has 4 heterocycles. The minimum absolute atomic E-state index is 0.0173. The first-order chi connectivity index (χ1) is 19.9. The lowest BCUT2D eigenvalue weighted by Crippen LogP contribution is -2.38. The number of hydrogen-bond acceptors (Lipinski definition) is 9. The molecule has 214 valence electrons. The van der Waals surface area contributed by atoms with Crippen molar-refractivity contribution in [3.05, 3.63) is 51.9 Å². The van der Waals surface area contributed by atoms with Gasteiger partial charge in [0.05, 0.1) is 16.7 Å². The Bertz CT molecular complexity index is 1530. The number of nitrogen functional groups attached to an aromatic ring is 1. The van der Waals surface area contributed by atoms with Crippen LogP contribution in [0.2, 0.25) is 0 Å². The van der Waals surface area contributed by atoms with Crippen molar-refractivity contribution in [3.63, 3.8) is 0 Å². The lowest BCUT2D eigenvalue weighted by atomic mass is 9.68. The van der Waals surface area contributed by atoms with Crippen molar-refractivity contribution in [2.75, 3.05) is 39.5 Å². The van der Waals surface area contributed by atoms with E-state index in [9.17, 15) is 5.26 Å². The molecule has 2 aromatic heterocycles. The summed E-state index contributed by atoms with van der Waals surface area (Å²) in [5.41, 5.74) is 12.0. The first-order valence-electron chi connectivity index (χ1n) is 15.1. The van der Waals surface area contributed by atoms with Gasteiger partial charge in [-0.05, 0) is 103 Å². The molecular weight excluding hydrogens is 514 g/mol. The van der Waals surface area contributed by atoms with Crippen LogP contribution in [-0.4, -0.2) is 70.8 Å². The van der Waals surface area contributed by atoms with Crippen molar-refractivity contribution < 1.29 is 9.26 Å². The minimum atomic E-state index is -0.388. The van der Waals surface area contributed by atoms with Gasteiger partial charge in [-0.25, -0.2) is 4.98 Å². The number of ether oxygens (including phenoxy) is 1. The largest absolute Gasteiger partial charge is 0.473 e. The zero-order chi connectivity index (χ0) is 28.3. The predicted molar refractivity (Wildman–Crippen MR) is 156 cm³/mol. The lowest BCUT2D eigenvalue weighted by molar-refractivity contribution is 0.117. The van der Waals surface area contributed by atoms with E-state index >= 15 is 0 Å². The Labute approximate surface area is 241 Å². The predicted octanol–water partition coefficient (Wildman–Crippen LogP) is 4.43. The van der Waals surface area contributed by atoms with Crippen molar-refractivity contribution >= 4 is 5.69 Å². The molecule has 9 heteroatoms. The van der Waals surface area contributed by atoms with E-state index in [0.717, 1.165) is 87.2 Å². The molecule has 9 nitrogen and oxygen atoms in total. The van der Waals surface area contributed by atoms with E-state index in [-0.39, 0.29) is 11.5 Å². The summed E-state index contributed by atoms with van der Waals surface area (Å²) in [6, 6.07) is 8.74. The van der Waals surface area contributed by atoms with E-state index in [1.165, 1.54) is 12.0 Å². The van der Waals surface area contributed by atoms with Gasteiger partial charge in [-0.15, -0.1) is 0 Å². The molecule has 41 heavy (non-hydrogen) atoms. The number of benzene rings is 1. The van der Waals surface area contributed by atoms with Crippen LogP contribution in [0, 0.1) is 11.3 Å². The van der Waals surface area contributed by atoms with E-state index in [0.29, 0.717) is 40.6 Å². The van der Waals surface area contributed by atoms with Crippen LogP contribution in [-0.2, 0) is 18.3 Å². The topological polar surface area (TPSA) is 117 Å². The number of nitriles is 1. The second kappa shape index (κ2) is 10.1. The third-order valence-electron chi connectivity index (χ3n) is 10.2. The molecule has 0 bridgehead atoms. The first kappa shape index (κ1) is 26.4. The van der Waals surface area contributed by atoms with Crippen LogP contribution in [0.5, 0.6) is 5.88 Å². The van der Waals surface area contributed by atoms with Crippen molar-refractivity contribution in [2.45, 2.75) is 81.8 Å². The Hall–Kier alpha value is -3.48. The molecule has 4 aliphatic rings. The summed E-state index contributed by atoms with van der Waals surface area (Å²) in [6.07, 6.45) is 7.91. The monoisotopic (exact) mass is 553 g/mol. The second-order valence-corrected chi connectivity index (χ2v) is 12.7. The first-order valence-corrected chi connectivity index (χ1v) is 15.1. The molecule has 2 N–H and O–H groups in total. The third-order valence-corrected chi connectivity index (χ3v) is 10.2. The fourth-order valence-corrected chi connectivity index (χ4v) is 8.05. The fraction of sp³-hybridized carbons (Fsp3) is 0.562. The summed E-state index contributed by atoms with van der Waals surface area (Å²) in [6.45, 7) is 5.26. The Morgan fingerprint density at radius 2 is 2.02 bits per heavy atom. The quantitative estimate of drug-likeness (QED) is 0.458. The Balaban J connectivity index is 1.31. The summed E-state index contributed by atoms with van der Waals surface area (Å²) < 4.78 is 12.8. The van der Waals surface area contributed by atoms with Crippen LogP contribution in [0.3, 0.4) is 0 Å². The summed E-state index contributed by atoms with van der Waals surface area (Å²) in [5, 5.41) is 14.7. The highest BCUT2D eigenvalue weighted by Gasteiger charge is 2.49. The normalized spacial score (nSPS) is 26.7. The van der Waals surface area contributed by atoms with Crippen molar-refractivity contribution in [3.8, 4) is 23.5 Å². The van der Waals surface area contributed by atoms with Crippen molar-refractivity contribution in [1.29, 1.82) is 5.26 Å². The van der Waals surface area contributed by atoms with Crippen molar-refractivity contribution in [1.82, 2.24) is 24.9 Å². The van der Waals surface area contributed by atoms with Gasteiger partial charge in [-0.3, -0.25) is 4.90 Å². The number of aryl methyl sites for hydroxylation is 1. The molecule has 1 aromatic carbocycles. The number of rotatable bonds is 5. The van der Waals surface area contributed by atoms with E-state index in [2.05, 4.69) is 48.1 Å². The minimum Gasteiger partial charge on any atom is -0.473 e. The van der Waals surface area contributed by atoms with Gasteiger partial charge in [0.2, 0.25) is 5.88 Å². The molecule has 1 spiro atoms. The van der Waals surface area contributed by atoms with Gasteiger partial charge in [-0.1, -0.05) is 11.2 Å². The second-order valence-electron chi connectivity index (χ2n) is 12.7. The molecule has 7 rings (SSSR count). The van der Waals surface area contributed by atoms with Gasteiger partial charge < -0.3 is 19.9 Å². The Kier molecular flexibility index (Phi) is 6.51. The summed E-state index contributed by atoms with van der Waals surface area (Å²) in [7, 11) is 4.33. The van der Waals surface area contributed by atoms with Crippen LogP contribution in [0.25, 0.3) is 11.5 Å². The molecule has 4 atom stereocenters. The van der Waals surface area contributed by atoms with Crippen LogP contribution >= 0.6 is 0 Å². The molecular formula is C32H39N7O2. The van der Waals surface area contributed by atoms with Crippen LogP contribution in [0.4, 0.5) is 5.69 Å². The zero-order valence-electron chi connectivity index (χ0n) is 24.3. The summed E-state index contributed by atoms with van der Waals surface area (Å²) in [4.78, 5) is 14.8. The maximum Gasteiger partial charge on any atom is 0.217 e. The molecule has 2 fully saturated rings. The summed E-state index contributed by atoms with van der Waals surface area (Å²) >= 11 is 0. The van der Waals surface area contributed by atoms with Crippen LogP contribution in [0.15, 0.2) is 22.7 Å². The van der Waals surface area contributed by atoms with Gasteiger partial charge in [-0.2, -0.15) is 10.2 Å². The maximum absolute atomic E-state index is 10.1. The average Bonchev–Trinajstić information content (AvgIpc) is 3.76. The number of fused-ring (bicyclic) bond motifs is 4. The molecule has 3 aromatic rings. The third kappa shape index (κ3) is 4.31. The number of nitrogens with zero attached hydrogens (tertiary/aromatic N) is 6. The lowest BCUT2D eigenvalue weighted by Gasteiger charge is -2.33. The average molecular weight is 554 g/mol. The maximum atomic E-state index is 10.1. The smallest absolute Gasteiger partial charge is 0.217 e. The Morgan fingerprint density at radius 1 is 1.15 bits per heavy atom. The number of anilines is 1. The van der Waals surface area contributed by atoms with Gasteiger partial charge >= 0.3 is 0 Å². The molecule has 0 saturated carbocycles. The van der Waals surface area contributed by atoms with Crippen molar-refractivity contribution in [2.24, 2.45) is 0 Å². The number of aromatic nitrogens is 3. The highest BCUT2D eigenvalue weighted by atomic mass is 16.5. The zero-order valence-corrected chi connectivity index (χ0v) is 24.3. The molecule has 2 saturated heterocycles. The van der Waals surface area contributed by atoms with Crippen LogP contribution in [0.1, 0.15) is 85.1 Å². The number of nitrogens with two attached hydrogens (primary N) is 1. The highest BCUT2D eigenvalue weighted by Crippen LogP contribution is 2.54. The van der Waals surface area contributed by atoms with Gasteiger partial charge in [0, 0.05) is 35.8 Å². The van der Waals surface area contributed by atoms with Gasteiger partial charge in [0.25, 0.3) is 0 Å². The fourth-order valence-electron chi connectivity index (χ4n) is 8.05. The van der Waals surface area contributed by atoms with Gasteiger partial charge in [0.1, 0.15) is 12.2 Å². The molecule has 0 radical (unpaired) electrons. The van der Waals surface area contributed by atoms with E-state index in [1.807, 2.05) is 12.1 Å².